The molecule has 3 nitrogen and oxygen atoms in total. The molecule has 1 aromatic carbocycles. The van der Waals surface area contributed by atoms with E-state index >= 15 is 0 Å². The minimum Gasteiger partial charge on any atom is -0.479 e. The highest BCUT2D eigenvalue weighted by Gasteiger charge is 2.43. The van der Waals surface area contributed by atoms with E-state index in [9.17, 15) is 9.90 Å². The largest absolute Gasteiger partial charge is 0.479 e. The van der Waals surface area contributed by atoms with Gasteiger partial charge in [0.25, 0.3) is 0 Å². The number of carbonyl (C=O) groups is 1. The summed E-state index contributed by atoms with van der Waals surface area (Å²) in [4.78, 5) is 11.8. The van der Waals surface area contributed by atoms with Crippen LogP contribution in [0.2, 0.25) is 0 Å². The minimum absolute atomic E-state index is 0.710. The minimum atomic E-state index is -0.755. The lowest BCUT2D eigenvalue weighted by Gasteiger charge is -2.28. The quantitative estimate of drug-likeness (QED) is 0.912. The smallest absolute Gasteiger partial charge is 0.329 e. The molecule has 0 bridgehead atoms. The number of aliphatic carboxylic acids is 1. The number of aromatic nitrogens is 1. The Balaban J connectivity index is 2.12. The van der Waals surface area contributed by atoms with Crippen LogP contribution in [-0.4, -0.2) is 15.6 Å². The Bertz CT molecular complexity index is 580. The van der Waals surface area contributed by atoms with E-state index in [0.717, 1.165) is 36.9 Å². The third-order valence-electron chi connectivity index (χ3n) is 4.11. The molecule has 1 aliphatic carbocycles. The maximum Gasteiger partial charge on any atom is 0.329 e. The van der Waals surface area contributed by atoms with Crippen LogP contribution in [0.1, 0.15) is 25.7 Å². The number of carboxylic acids is 1. The third-order valence-corrected chi connectivity index (χ3v) is 4.11. The van der Waals surface area contributed by atoms with Crippen LogP contribution < -0.4 is 0 Å². The molecule has 1 aliphatic rings. The van der Waals surface area contributed by atoms with Crippen molar-refractivity contribution >= 4 is 5.97 Å². The van der Waals surface area contributed by atoms with Crippen LogP contribution in [0.5, 0.6) is 0 Å². The van der Waals surface area contributed by atoms with Gasteiger partial charge in [-0.05, 0) is 30.5 Å². The van der Waals surface area contributed by atoms with Gasteiger partial charge < -0.3 is 9.67 Å². The zero-order valence-corrected chi connectivity index (χ0v) is 10.7. The molecule has 0 unspecified atom stereocenters. The SMILES string of the molecule is O=C(O)C1(n2cccc2-c2ccccc2)CCCC1. The molecule has 1 fully saturated rings. The fraction of sp³-hybridized carbons (Fsp3) is 0.312. The molecular weight excluding hydrogens is 238 g/mol. The molecule has 2 aromatic rings. The fourth-order valence-corrected chi connectivity index (χ4v) is 3.12. The summed E-state index contributed by atoms with van der Waals surface area (Å²) in [6.07, 6.45) is 5.31. The molecule has 0 radical (unpaired) electrons. The Kier molecular flexibility index (Phi) is 2.90. The van der Waals surface area contributed by atoms with Gasteiger partial charge in [0, 0.05) is 11.9 Å². The summed E-state index contributed by atoms with van der Waals surface area (Å²) >= 11 is 0. The number of carboxylic acid groups (broad SMARTS) is 1. The van der Waals surface area contributed by atoms with Crippen molar-refractivity contribution < 1.29 is 9.90 Å². The van der Waals surface area contributed by atoms with E-state index in [1.54, 1.807) is 0 Å². The van der Waals surface area contributed by atoms with Crippen molar-refractivity contribution in [2.75, 3.05) is 0 Å². The highest BCUT2D eigenvalue weighted by atomic mass is 16.4. The van der Waals surface area contributed by atoms with Crippen molar-refractivity contribution in [1.29, 1.82) is 0 Å². The highest BCUT2D eigenvalue weighted by Crippen LogP contribution is 2.40. The van der Waals surface area contributed by atoms with Crippen LogP contribution in [-0.2, 0) is 10.3 Å². The Labute approximate surface area is 112 Å². The van der Waals surface area contributed by atoms with Gasteiger partial charge in [0.2, 0.25) is 0 Å². The Hall–Kier alpha value is -2.03. The van der Waals surface area contributed by atoms with E-state index in [-0.39, 0.29) is 0 Å². The molecule has 0 atom stereocenters. The van der Waals surface area contributed by atoms with Gasteiger partial charge in [0.1, 0.15) is 5.54 Å². The van der Waals surface area contributed by atoms with E-state index in [1.807, 2.05) is 53.2 Å². The molecule has 0 amide bonds. The summed E-state index contributed by atoms with van der Waals surface area (Å²) in [6.45, 7) is 0. The van der Waals surface area contributed by atoms with Crippen LogP contribution in [0, 0.1) is 0 Å². The molecule has 3 heteroatoms. The summed E-state index contributed by atoms with van der Waals surface area (Å²) in [6, 6.07) is 13.9. The second kappa shape index (κ2) is 4.57. The standard InChI is InChI=1S/C16H17NO2/c18-15(19)16(10-4-5-11-16)17-12-6-9-14(17)13-7-2-1-3-8-13/h1-3,6-9,12H,4-5,10-11H2,(H,18,19). The van der Waals surface area contributed by atoms with E-state index in [0.29, 0.717) is 0 Å². The van der Waals surface area contributed by atoms with Gasteiger partial charge in [-0.1, -0.05) is 43.2 Å². The molecule has 1 aromatic heterocycles. The summed E-state index contributed by atoms with van der Waals surface area (Å²) in [7, 11) is 0. The molecule has 1 saturated carbocycles. The van der Waals surface area contributed by atoms with Gasteiger partial charge in [-0.2, -0.15) is 0 Å². The maximum absolute atomic E-state index is 11.8. The van der Waals surface area contributed by atoms with Gasteiger partial charge in [0.05, 0.1) is 0 Å². The predicted molar refractivity (Wildman–Crippen MR) is 73.9 cm³/mol. The molecule has 0 aliphatic heterocycles. The van der Waals surface area contributed by atoms with Crippen molar-refractivity contribution in [3.63, 3.8) is 0 Å². The topological polar surface area (TPSA) is 42.2 Å². The first-order valence-corrected chi connectivity index (χ1v) is 6.71. The maximum atomic E-state index is 11.8. The summed E-state index contributed by atoms with van der Waals surface area (Å²) in [5.41, 5.74) is 1.30. The number of rotatable bonds is 3. The average molecular weight is 255 g/mol. The molecule has 3 rings (SSSR count). The molecule has 98 valence electrons. The second-order valence-electron chi connectivity index (χ2n) is 5.17. The van der Waals surface area contributed by atoms with Crippen molar-refractivity contribution in [2.45, 2.75) is 31.2 Å². The monoisotopic (exact) mass is 255 g/mol. The number of hydrogen-bond donors (Lipinski definition) is 1. The van der Waals surface area contributed by atoms with Crippen molar-refractivity contribution in [1.82, 2.24) is 4.57 Å². The molecule has 19 heavy (non-hydrogen) atoms. The number of hydrogen-bond acceptors (Lipinski definition) is 1. The van der Waals surface area contributed by atoms with Gasteiger partial charge in [-0.25, -0.2) is 4.79 Å². The van der Waals surface area contributed by atoms with Crippen LogP contribution in [0.25, 0.3) is 11.3 Å². The van der Waals surface area contributed by atoms with E-state index < -0.39 is 11.5 Å². The summed E-state index contributed by atoms with van der Waals surface area (Å²) < 4.78 is 1.96. The van der Waals surface area contributed by atoms with Gasteiger partial charge in [-0.15, -0.1) is 0 Å². The Morgan fingerprint density at radius 1 is 1.05 bits per heavy atom. The number of nitrogens with zero attached hydrogens (tertiary/aromatic N) is 1. The van der Waals surface area contributed by atoms with Crippen LogP contribution in [0.15, 0.2) is 48.7 Å². The van der Waals surface area contributed by atoms with Crippen LogP contribution in [0.4, 0.5) is 0 Å². The van der Waals surface area contributed by atoms with Crippen molar-refractivity contribution in [3.05, 3.63) is 48.7 Å². The molecule has 0 spiro atoms. The molecule has 1 heterocycles. The summed E-state index contributed by atoms with van der Waals surface area (Å²) in [5, 5.41) is 9.69. The lowest BCUT2D eigenvalue weighted by Crippen LogP contribution is -2.39. The van der Waals surface area contributed by atoms with Crippen LogP contribution in [0.3, 0.4) is 0 Å². The molecule has 0 saturated heterocycles. The van der Waals surface area contributed by atoms with Crippen molar-refractivity contribution in [3.8, 4) is 11.3 Å². The summed E-state index contributed by atoms with van der Waals surface area (Å²) in [5.74, 6) is -0.710. The fourth-order valence-electron chi connectivity index (χ4n) is 3.12. The lowest BCUT2D eigenvalue weighted by molar-refractivity contribution is -0.147. The van der Waals surface area contributed by atoms with E-state index in [4.69, 9.17) is 0 Å². The first kappa shape index (κ1) is 12.0. The Morgan fingerprint density at radius 3 is 2.37 bits per heavy atom. The first-order valence-electron chi connectivity index (χ1n) is 6.71. The predicted octanol–water partition coefficient (Wildman–Crippen LogP) is 3.51. The van der Waals surface area contributed by atoms with Crippen LogP contribution >= 0.6 is 0 Å². The van der Waals surface area contributed by atoms with Crippen molar-refractivity contribution in [2.24, 2.45) is 0 Å². The van der Waals surface area contributed by atoms with E-state index in [2.05, 4.69) is 0 Å². The average Bonchev–Trinajstić information content (AvgIpc) is 3.09. The van der Waals surface area contributed by atoms with Gasteiger partial charge in [0.15, 0.2) is 0 Å². The molecule has 1 N–H and O–H groups in total. The first-order chi connectivity index (χ1) is 9.24. The van der Waals surface area contributed by atoms with Gasteiger partial charge in [-0.3, -0.25) is 0 Å². The molecular formula is C16H17NO2. The Morgan fingerprint density at radius 2 is 1.74 bits per heavy atom. The van der Waals surface area contributed by atoms with Gasteiger partial charge >= 0.3 is 5.97 Å². The highest BCUT2D eigenvalue weighted by molar-refractivity contribution is 5.79. The normalized spacial score (nSPS) is 17.5. The lowest BCUT2D eigenvalue weighted by atomic mass is 9.96. The zero-order valence-electron chi connectivity index (χ0n) is 10.7. The zero-order chi connectivity index (χ0) is 13.3. The second-order valence-corrected chi connectivity index (χ2v) is 5.17. The number of benzene rings is 1. The third kappa shape index (κ3) is 1.86. The van der Waals surface area contributed by atoms with E-state index in [1.165, 1.54) is 0 Å².